The predicted octanol–water partition coefficient (Wildman–Crippen LogP) is 1.46. The number of nitrogens with two attached hydrogens (primary N) is 1. The second-order valence-corrected chi connectivity index (χ2v) is 5.44. The fourth-order valence-electron chi connectivity index (χ4n) is 2.48. The van der Waals surface area contributed by atoms with Gasteiger partial charge in [0.2, 0.25) is 0 Å². The Bertz CT molecular complexity index is 436. The maximum atomic E-state index is 5.99. The molecule has 0 aromatic carbocycles. The number of piperazine rings is 1. The average molecular weight is 263 g/mol. The highest BCUT2D eigenvalue weighted by atomic mass is 15.3. The number of anilines is 2. The van der Waals surface area contributed by atoms with Crippen LogP contribution in [0.3, 0.4) is 0 Å². The summed E-state index contributed by atoms with van der Waals surface area (Å²) in [6.07, 6.45) is 0.823. The van der Waals surface area contributed by atoms with E-state index in [1.165, 1.54) is 0 Å². The van der Waals surface area contributed by atoms with Crippen LogP contribution in [0, 0.1) is 6.92 Å². The molecule has 0 unspecified atom stereocenters. The van der Waals surface area contributed by atoms with Crippen LogP contribution in [0.1, 0.15) is 32.2 Å². The lowest BCUT2D eigenvalue weighted by Crippen LogP contribution is -2.49. The molecule has 0 aliphatic carbocycles. The van der Waals surface area contributed by atoms with Crippen molar-refractivity contribution in [2.45, 2.75) is 40.2 Å². The number of hydrogen-bond acceptors (Lipinski definition) is 5. The van der Waals surface area contributed by atoms with Gasteiger partial charge in [-0.1, -0.05) is 6.92 Å². The summed E-state index contributed by atoms with van der Waals surface area (Å²) in [6.45, 7) is 12.8. The molecular weight excluding hydrogens is 238 g/mol. The van der Waals surface area contributed by atoms with Crippen LogP contribution < -0.4 is 10.6 Å². The first kappa shape index (κ1) is 14.1. The van der Waals surface area contributed by atoms with Gasteiger partial charge in [0.25, 0.3) is 0 Å². The quantitative estimate of drug-likeness (QED) is 0.894. The molecule has 0 atom stereocenters. The van der Waals surface area contributed by atoms with Gasteiger partial charge in [0.05, 0.1) is 0 Å². The van der Waals surface area contributed by atoms with Gasteiger partial charge >= 0.3 is 0 Å². The molecule has 2 rings (SSSR count). The summed E-state index contributed by atoms with van der Waals surface area (Å²) < 4.78 is 0. The minimum Gasteiger partial charge on any atom is -0.383 e. The Morgan fingerprint density at radius 3 is 2.32 bits per heavy atom. The second kappa shape index (κ2) is 5.74. The molecule has 1 aliphatic heterocycles. The topological polar surface area (TPSA) is 58.3 Å². The number of nitrogen functional groups attached to an aromatic ring is 1. The Morgan fingerprint density at radius 1 is 1.16 bits per heavy atom. The number of aromatic nitrogens is 2. The monoisotopic (exact) mass is 263 g/mol. The zero-order chi connectivity index (χ0) is 14.0. The minimum absolute atomic E-state index is 0.616. The van der Waals surface area contributed by atoms with Crippen molar-refractivity contribution in [2.75, 3.05) is 36.8 Å². The third-order valence-electron chi connectivity index (χ3n) is 3.86. The van der Waals surface area contributed by atoms with Crippen molar-refractivity contribution in [2.24, 2.45) is 0 Å². The van der Waals surface area contributed by atoms with E-state index in [0.29, 0.717) is 11.9 Å². The van der Waals surface area contributed by atoms with Crippen LogP contribution >= 0.6 is 0 Å². The van der Waals surface area contributed by atoms with Gasteiger partial charge in [-0.3, -0.25) is 4.90 Å². The zero-order valence-corrected chi connectivity index (χ0v) is 12.5. The smallest absolute Gasteiger partial charge is 0.137 e. The van der Waals surface area contributed by atoms with Gasteiger partial charge in [-0.15, -0.1) is 0 Å². The maximum Gasteiger partial charge on any atom is 0.137 e. The van der Waals surface area contributed by atoms with E-state index >= 15 is 0 Å². The molecule has 0 amide bonds. The molecule has 0 saturated carbocycles. The normalized spacial score (nSPS) is 17.2. The van der Waals surface area contributed by atoms with Crippen LogP contribution in [0.15, 0.2) is 0 Å². The van der Waals surface area contributed by atoms with Gasteiger partial charge < -0.3 is 10.6 Å². The summed E-state index contributed by atoms with van der Waals surface area (Å²) in [5.41, 5.74) is 7.00. The van der Waals surface area contributed by atoms with Crippen molar-refractivity contribution in [1.82, 2.24) is 14.9 Å². The second-order valence-electron chi connectivity index (χ2n) is 5.44. The number of nitrogens with zero attached hydrogens (tertiary/aromatic N) is 4. The molecule has 0 radical (unpaired) electrons. The lowest BCUT2D eigenvalue weighted by atomic mass is 10.2. The Hall–Kier alpha value is -1.36. The van der Waals surface area contributed by atoms with E-state index < -0.39 is 0 Å². The average Bonchev–Trinajstić information content (AvgIpc) is 2.41. The van der Waals surface area contributed by atoms with Crippen LogP contribution in [0.25, 0.3) is 0 Å². The van der Waals surface area contributed by atoms with Gasteiger partial charge in [-0.2, -0.15) is 0 Å². The Balaban J connectivity index is 2.17. The van der Waals surface area contributed by atoms with E-state index in [1.54, 1.807) is 0 Å². The van der Waals surface area contributed by atoms with Crippen molar-refractivity contribution >= 4 is 11.6 Å². The van der Waals surface area contributed by atoms with Crippen LogP contribution in [0.5, 0.6) is 0 Å². The highest BCUT2D eigenvalue weighted by molar-refractivity contribution is 5.56. The molecule has 1 saturated heterocycles. The molecule has 2 N–H and O–H groups in total. The molecule has 1 fully saturated rings. The number of hydrogen-bond donors (Lipinski definition) is 1. The molecule has 2 heterocycles. The molecule has 5 nitrogen and oxygen atoms in total. The molecule has 0 bridgehead atoms. The standard InChI is InChI=1S/C14H25N5/c1-5-12-16-13(15)11(4)14(17-12)19-8-6-18(7-9-19)10(2)3/h10H,5-9H2,1-4H3,(H2,15,16,17). The molecule has 1 aromatic heterocycles. The van der Waals surface area contributed by atoms with Gasteiger partial charge in [-0.25, -0.2) is 9.97 Å². The summed E-state index contributed by atoms with van der Waals surface area (Å²) in [5, 5.41) is 0. The molecule has 106 valence electrons. The van der Waals surface area contributed by atoms with Crippen LogP contribution in [-0.4, -0.2) is 47.1 Å². The summed E-state index contributed by atoms with van der Waals surface area (Å²) in [6, 6.07) is 0.616. The highest BCUT2D eigenvalue weighted by Gasteiger charge is 2.22. The largest absolute Gasteiger partial charge is 0.383 e. The van der Waals surface area contributed by atoms with E-state index in [4.69, 9.17) is 5.73 Å². The van der Waals surface area contributed by atoms with E-state index in [0.717, 1.165) is 49.8 Å². The maximum absolute atomic E-state index is 5.99. The van der Waals surface area contributed by atoms with Gasteiger partial charge in [-0.05, 0) is 20.8 Å². The third kappa shape index (κ3) is 2.97. The molecule has 5 heteroatoms. The van der Waals surface area contributed by atoms with Crippen molar-refractivity contribution < 1.29 is 0 Å². The molecule has 1 aliphatic rings. The summed E-state index contributed by atoms with van der Waals surface area (Å²) in [4.78, 5) is 13.8. The number of rotatable bonds is 3. The van der Waals surface area contributed by atoms with Gasteiger partial charge in [0.15, 0.2) is 0 Å². The molecule has 0 spiro atoms. The Morgan fingerprint density at radius 2 is 1.79 bits per heavy atom. The summed E-state index contributed by atoms with van der Waals surface area (Å²) in [5.74, 6) is 2.48. The first-order chi connectivity index (χ1) is 9.02. The van der Waals surface area contributed by atoms with E-state index in [9.17, 15) is 0 Å². The first-order valence-electron chi connectivity index (χ1n) is 7.15. The summed E-state index contributed by atoms with van der Waals surface area (Å²) in [7, 11) is 0. The fourth-order valence-corrected chi connectivity index (χ4v) is 2.48. The number of aryl methyl sites for hydroxylation is 1. The molecule has 19 heavy (non-hydrogen) atoms. The van der Waals surface area contributed by atoms with Crippen LogP contribution in [0.2, 0.25) is 0 Å². The van der Waals surface area contributed by atoms with Gasteiger partial charge in [0.1, 0.15) is 17.5 Å². The van der Waals surface area contributed by atoms with E-state index in [1.807, 2.05) is 6.92 Å². The SMILES string of the molecule is CCc1nc(N)c(C)c(N2CCN(C(C)C)CC2)n1. The van der Waals surface area contributed by atoms with Crippen LogP contribution in [0.4, 0.5) is 11.6 Å². The highest BCUT2D eigenvalue weighted by Crippen LogP contribution is 2.23. The van der Waals surface area contributed by atoms with Gasteiger partial charge in [0, 0.05) is 44.2 Å². The Labute approximate surface area is 115 Å². The van der Waals surface area contributed by atoms with Crippen molar-refractivity contribution in [3.05, 3.63) is 11.4 Å². The van der Waals surface area contributed by atoms with Crippen molar-refractivity contribution in [3.8, 4) is 0 Å². The fraction of sp³-hybridized carbons (Fsp3) is 0.714. The van der Waals surface area contributed by atoms with Crippen molar-refractivity contribution in [1.29, 1.82) is 0 Å². The van der Waals surface area contributed by atoms with Crippen molar-refractivity contribution in [3.63, 3.8) is 0 Å². The lowest BCUT2D eigenvalue weighted by molar-refractivity contribution is 0.209. The molecular formula is C14H25N5. The van der Waals surface area contributed by atoms with Crippen LogP contribution in [-0.2, 0) is 6.42 Å². The minimum atomic E-state index is 0.616. The zero-order valence-electron chi connectivity index (χ0n) is 12.5. The predicted molar refractivity (Wildman–Crippen MR) is 79.5 cm³/mol. The van der Waals surface area contributed by atoms with E-state index in [-0.39, 0.29) is 0 Å². The first-order valence-corrected chi connectivity index (χ1v) is 7.15. The lowest BCUT2D eigenvalue weighted by Gasteiger charge is -2.38. The van der Waals surface area contributed by atoms with E-state index in [2.05, 4.69) is 40.5 Å². The third-order valence-corrected chi connectivity index (χ3v) is 3.86. The Kier molecular flexibility index (Phi) is 4.24. The molecule has 1 aromatic rings. The summed E-state index contributed by atoms with van der Waals surface area (Å²) >= 11 is 0.